The highest BCUT2D eigenvalue weighted by molar-refractivity contribution is 5.50. The van der Waals surface area contributed by atoms with E-state index in [-0.39, 0.29) is 12.8 Å². The first kappa shape index (κ1) is 10.6. The first-order valence-electron chi connectivity index (χ1n) is 4.26. The van der Waals surface area contributed by atoms with Crippen LogP contribution in [-0.4, -0.2) is 40.5 Å². The Bertz CT molecular complexity index is 185. The van der Waals surface area contributed by atoms with E-state index in [2.05, 4.69) is 0 Å². The van der Waals surface area contributed by atoms with Crippen LogP contribution in [0.2, 0.25) is 0 Å². The number of aliphatic hydroxyl groups excluding tert-OH is 1. The predicted octanol–water partition coefficient (Wildman–Crippen LogP) is -1.24. The molecule has 13 heavy (non-hydrogen) atoms. The Kier molecular flexibility index (Phi) is 3.02. The van der Waals surface area contributed by atoms with Crippen LogP contribution in [0.25, 0.3) is 0 Å². The number of rotatable bonds is 2. The van der Waals surface area contributed by atoms with E-state index < -0.39 is 24.0 Å². The fourth-order valence-electron chi connectivity index (χ4n) is 1.56. The molecule has 76 valence electrons. The van der Waals surface area contributed by atoms with Gasteiger partial charge in [-0.25, -0.2) is 0 Å². The molecule has 1 aliphatic rings. The summed E-state index contributed by atoms with van der Waals surface area (Å²) < 4.78 is 5.09. The van der Waals surface area contributed by atoms with E-state index in [1.54, 1.807) is 6.92 Å². The number of aldehydes is 1. The summed E-state index contributed by atoms with van der Waals surface area (Å²) in [5.41, 5.74) is 5.57. The normalized spacial score (nSPS) is 46.0. The van der Waals surface area contributed by atoms with E-state index in [4.69, 9.17) is 10.5 Å². The zero-order valence-electron chi connectivity index (χ0n) is 7.51. The largest absolute Gasteiger partial charge is 0.389 e. The minimum atomic E-state index is -1.50. The second kappa shape index (κ2) is 3.71. The summed E-state index contributed by atoms with van der Waals surface area (Å²) >= 11 is 0. The number of nitrogens with two attached hydrogens (primary N) is 1. The van der Waals surface area contributed by atoms with Crippen molar-refractivity contribution in [2.45, 2.75) is 43.8 Å². The van der Waals surface area contributed by atoms with Gasteiger partial charge in [0.1, 0.15) is 6.29 Å². The summed E-state index contributed by atoms with van der Waals surface area (Å²) in [4.78, 5) is 10.2. The Morgan fingerprint density at radius 2 is 2.38 bits per heavy atom. The minimum absolute atomic E-state index is 0.0806. The number of hydrogen-bond acceptors (Lipinski definition) is 5. The molecule has 0 spiro atoms. The Balaban J connectivity index is 2.66. The minimum Gasteiger partial charge on any atom is -0.389 e. The third-order valence-electron chi connectivity index (χ3n) is 2.28. The Labute approximate surface area is 76.5 Å². The van der Waals surface area contributed by atoms with E-state index in [1.165, 1.54) is 0 Å². The van der Waals surface area contributed by atoms with Crippen LogP contribution in [0.3, 0.4) is 0 Å². The summed E-state index contributed by atoms with van der Waals surface area (Å²) in [6, 6.07) is -0.548. The third-order valence-corrected chi connectivity index (χ3v) is 2.28. The van der Waals surface area contributed by atoms with Crippen molar-refractivity contribution in [2.24, 2.45) is 5.73 Å². The van der Waals surface area contributed by atoms with Gasteiger partial charge in [0, 0.05) is 12.5 Å². The first-order chi connectivity index (χ1) is 5.98. The van der Waals surface area contributed by atoms with Crippen molar-refractivity contribution in [1.29, 1.82) is 0 Å². The Hall–Kier alpha value is -0.490. The van der Waals surface area contributed by atoms with Crippen LogP contribution in [0, 0.1) is 0 Å². The molecule has 0 bridgehead atoms. The molecule has 0 amide bonds. The monoisotopic (exact) mass is 189 g/mol. The molecule has 5 heteroatoms. The molecule has 4 atom stereocenters. The molecular weight excluding hydrogens is 174 g/mol. The lowest BCUT2D eigenvalue weighted by Crippen LogP contribution is -2.56. The predicted molar refractivity (Wildman–Crippen MR) is 44.8 cm³/mol. The Morgan fingerprint density at radius 1 is 1.77 bits per heavy atom. The zero-order valence-corrected chi connectivity index (χ0v) is 7.51. The molecule has 1 saturated heterocycles. The quantitative estimate of drug-likeness (QED) is 0.472. The van der Waals surface area contributed by atoms with Crippen LogP contribution >= 0.6 is 0 Å². The molecule has 0 saturated carbocycles. The van der Waals surface area contributed by atoms with Crippen LogP contribution in [0.15, 0.2) is 0 Å². The lowest BCUT2D eigenvalue weighted by molar-refractivity contribution is -0.274. The van der Waals surface area contributed by atoms with E-state index in [0.29, 0.717) is 6.29 Å². The van der Waals surface area contributed by atoms with Gasteiger partial charge in [-0.2, -0.15) is 0 Å². The van der Waals surface area contributed by atoms with Gasteiger partial charge in [-0.05, 0) is 6.92 Å². The smallest absolute Gasteiger partial charge is 0.174 e. The topological polar surface area (TPSA) is 92.8 Å². The standard InChI is InChI=1S/C8H15NO4/c1-5-7(11)6(9)4-8(12,13-5)2-3-10/h3,5-7,11-12H,2,4,9H2,1H3/t5-,6-,7+,8?/m0/s1. The van der Waals surface area contributed by atoms with Gasteiger partial charge in [-0.1, -0.05) is 0 Å². The van der Waals surface area contributed by atoms with Crippen LogP contribution in [0.5, 0.6) is 0 Å². The van der Waals surface area contributed by atoms with Gasteiger partial charge in [0.05, 0.1) is 18.6 Å². The number of carbonyl (C=O) groups is 1. The van der Waals surface area contributed by atoms with Crippen molar-refractivity contribution in [3.63, 3.8) is 0 Å². The number of ether oxygens (including phenoxy) is 1. The lowest BCUT2D eigenvalue weighted by Gasteiger charge is -2.41. The lowest BCUT2D eigenvalue weighted by atomic mass is 9.93. The highest BCUT2D eigenvalue weighted by Gasteiger charge is 2.42. The van der Waals surface area contributed by atoms with E-state index in [1.807, 2.05) is 0 Å². The maximum absolute atomic E-state index is 10.2. The molecule has 1 aliphatic heterocycles. The van der Waals surface area contributed by atoms with Crippen LogP contribution in [0.4, 0.5) is 0 Å². The number of aliphatic hydroxyl groups is 2. The summed E-state index contributed by atoms with van der Waals surface area (Å²) in [5.74, 6) is -1.50. The zero-order chi connectivity index (χ0) is 10.1. The average molecular weight is 189 g/mol. The van der Waals surface area contributed by atoms with Crippen molar-refractivity contribution in [3.8, 4) is 0 Å². The molecule has 1 rings (SSSR count). The number of carbonyl (C=O) groups excluding carboxylic acids is 1. The van der Waals surface area contributed by atoms with Gasteiger partial charge in [0.25, 0.3) is 0 Å². The summed E-state index contributed by atoms with van der Waals surface area (Å²) in [5, 5.41) is 19.1. The first-order valence-corrected chi connectivity index (χ1v) is 4.26. The van der Waals surface area contributed by atoms with Crippen LogP contribution in [-0.2, 0) is 9.53 Å². The molecule has 0 aliphatic carbocycles. The van der Waals surface area contributed by atoms with E-state index in [0.717, 1.165) is 0 Å². The van der Waals surface area contributed by atoms with Crippen molar-refractivity contribution < 1.29 is 19.7 Å². The van der Waals surface area contributed by atoms with E-state index >= 15 is 0 Å². The highest BCUT2D eigenvalue weighted by Crippen LogP contribution is 2.28. The SMILES string of the molecule is C[C@@H]1OC(O)(CC=O)C[C@H](N)[C@@H]1O. The molecular formula is C8H15NO4. The fourth-order valence-corrected chi connectivity index (χ4v) is 1.56. The number of hydrogen-bond donors (Lipinski definition) is 3. The van der Waals surface area contributed by atoms with Gasteiger partial charge < -0.3 is 25.5 Å². The molecule has 0 aromatic carbocycles. The van der Waals surface area contributed by atoms with Crippen LogP contribution < -0.4 is 5.73 Å². The molecule has 1 unspecified atom stereocenters. The van der Waals surface area contributed by atoms with Crippen LogP contribution in [0.1, 0.15) is 19.8 Å². The Morgan fingerprint density at radius 3 is 2.85 bits per heavy atom. The summed E-state index contributed by atoms with van der Waals surface area (Å²) in [6.07, 6.45) is -0.785. The van der Waals surface area contributed by atoms with E-state index in [9.17, 15) is 15.0 Å². The average Bonchev–Trinajstić information content (AvgIpc) is 2.00. The maximum Gasteiger partial charge on any atom is 0.174 e. The second-order valence-electron chi connectivity index (χ2n) is 3.50. The molecule has 1 fully saturated rings. The molecule has 0 aromatic rings. The molecule has 1 heterocycles. The third kappa shape index (κ3) is 2.25. The van der Waals surface area contributed by atoms with Gasteiger partial charge in [0.15, 0.2) is 5.79 Å². The van der Waals surface area contributed by atoms with Gasteiger partial charge >= 0.3 is 0 Å². The van der Waals surface area contributed by atoms with Crippen molar-refractivity contribution in [1.82, 2.24) is 0 Å². The van der Waals surface area contributed by atoms with Gasteiger partial charge in [0.2, 0.25) is 0 Å². The highest BCUT2D eigenvalue weighted by atomic mass is 16.6. The summed E-state index contributed by atoms with van der Waals surface area (Å²) in [7, 11) is 0. The van der Waals surface area contributed by atoms with Crippen molar-refractivity contribution >= 4 is 6.29 Å². The summed E-state index contributed by atoms with van der Waals surface area (Å²) in [6.45, 7) is 1.61. The van der Waals surface area contributed by atoms with Gasteiger partial charge in [-0.15, -0.1) is 0 Å². The van der Waals surface area contributed by atoms with Crippen molar-refractivity contribution in [2.75, 3.05) is 0 Å². The maximum atomic E-state index is 10.2. The molecule has 0 aromatic heterocycles. The molecule has 5 nitrogen and oxygen atoms in total. The van der Waals surface area contributed by atoms with Crippen molar-refractivity contribution in [3.05, 3.63) is 0 Å². The fraction of sp³-hybridized carbons (Fsp3) is 0.875. The second-order valence-corrected chi connectivity index (χ2v) is 3.50. The van der Waals surface area contributed by atoms with Gasteiger partial charge in [-0.3, -0.25) is 0 Å². The molecule has 4 N–H and O–H groups in total. The molecule has 0 radical (unpaired) electrons.